The lowest BCUT2D eigenvalue weighted by atomic mass is 9.94. The van der Waals surface area contributed by atoms with E-state index in [1.165, 1.54) is 11.1 Å². The van der Waals surface area contributed by atoms with Gasteiger partial charge in [-0.2, -0.15) is 0 Å². The summed E-state index contributed by atoms with van der Waals surface area (Å²) >= 11 is 0. The van der Waals surface area contributed by atoms with E-state index in [0.29, 0.717) is 19.1 Å². The Morgan fingerprint density at radius 3 is 2.70 bits per heavy atom. The van der Waals surface area contributed by atoms with E-state index in [2.05, 4.69) is 58.2 Å². The third kappa shape index (κ3) is 6.80. The molecule has 0 spiro atoms. The summed E-state index contributed by atoms with van der Waals surface area (Å²) < 4.78 is 10.8. The normalized spacial score (nSPS) is 20.1. The van der Waals surface area contributed by atoms with Crippen LogP contribution in [0.25, 0.3) is 0 Å². The first-order valence-corrected chi connectivity index (χ1v) is 10.9. The van der Waals surface area contributed by atoms with Crippen molar-refractivity contribution in [2.75, 3.05) is 60.2 Å². The average molecular weight is 530 g/mol. The summed E-state index contributed by atoms with van der Waals surface area (Å²) in [5.41, 5.74) is 3.03. The lowest BCUT2D eigenvalue weighted by Gasteiger charge is -2.42. The van der Waals surface area contributed by atoms with Crippen LogP contribution in [0.1, 0.15) is 31.4 Å². The Hall–Kier alpha value is -0.900. The molecule has 0 aromatic heterocycles. The van der Waals surface area contributed by atoms with Crippen molar-refractivity contribution in [2.24, 2.45) is 10.9 Å². The first-order valence-electron chi connectivity index (χ1n) is 10.9. The molecule has 1 aromatic carbocycles. The molecule has 2 aliphatic heterocycles. The van der Waals surface area contributed by atoms with E-state index in [-0.39, 0.29) is 29.5 Å². The Morgan fingerprint density at radius 2 is 1.97 bits per heavy atom. The molecule has 6 nitrogen and oxygen atoms in total. The van der Waals surface area contributed by atoms with Crippen LogP contribution in [0.5, 0.6) is 0 Å². The number of hydrogen-bond donors (Lipinski definition) is 1. The SMILES string of the molecule is CN=C(NCC(C)(C)N1CCc2ccccc2C1)N1CCC(COCCOC)C1.I. The summed E-state index contributed by atoms with van der Waals surface area (Å²) in [7, 11) is 3.59. The fourth-order valence-electron chi connectivity index (χ4n) is 4.31. The minimum atomic E-state index is 0. The molecule has 2 heterocycles. The van der Waals surface area contributed by atoms with Crippen molar-refractivity contribution in [2.45, 2.75) is 38.8 Å². The number of hydrogen-bond acceptors (Lipinski definition) is 4. The predicted molar refractivity (Wildman–Crippen MR) is 134 cm³/mol. The smallest absolute Gasteiger partial charge is 0.193 e. The highest BCUT2D eigenvalue weighted by molar-refractivity contribution is 14.0. The minimum Gasteiger partial charge on any atom is -0.382 e. The molecule has 0 aliphatic carbocycles. The lowest BCUT2D eigenvalue weighted by Crippen LogP contribution is -2.55. The highest BCUT2D eigenvalue weighted by Gasteiger charge is 2.31. The number of ether oxygens (including phenoxy) is 2. The van der Waals surface area contributed by atoms with Crippen molar-refractivity contribution in [1.82, 2.24) is 15.1 Å². The molecule has 1 saturated heterocycles. The Labute approximate surface area is 199 Å². The fourth-order valence-corrected chi connectivity index (χ4v) is 4.31. The molecule has 3 rings (SSSR count). The number of methoxy groups -OCH3 is 1. The zero-order valence-electron chi connectivity index (χ0n) is 19.0. The van der Waals surface area contributed by atoms with Gasteiger partial charge >= 0.3 is 0 Å². The molecule has 7 heteroatoms. The molecule has 0 saturated carbocycles. The Morgan fingerprint density at radius 1 is 1.20 bits per heavy atom. The van der Waals surface area contributed by atoms with Crippen molar-refractivity contribution < 1.29 is 9.47 Å². The lowest BCUT2D eigenvalue weighted by molar-refractivity contribution is 0.0536. The average Bonchev–Trinajstić information content (AvgIpc) is 3.20. The summed E-state index contributed by atoms with van der Waals surface area (Å²) in [5.74, 6) is 1.58. The van der Waals surface area contributed by atoms with Crippen LogP contribution in [0.3, 0.4) is 0 Å². The van der Waals surface area contributed by atoms with Crippen LogP contribution in [0.2, 0.25) is 0 Å². The fraction of sp³-hybridized carbons (Fsp3) is 0.696. The standard InChI is InChI=1S/C23H38N4O2.HI/c1-23(2,27-12-10-20-7-5-6-8-21(20)16-27)18-25-22(24-3)26-11-9-19(15-26)17-29-14-13-28-4;/h5-8,19H,9-18H2,1-4H3,(H,24,25);1H. The monoisotopic (exact) mass is 530 g/mol. The number of likely N-dealkylation sites (tertiary alicyclic amines) is 1. The van der Waals surface area contributed by atoms with Gasteiger partial charge in [0.2, 0.25) is 0 Å². The molecule has 2 aliphatic rings. The van der Waals surface area contributed by atoms with E-state index in [4.69, 9.17) is 9.47 Å². The number of guanidine groups is 1. The summed E-state index contributed by atoms with van der Waals surface area (Å²) in [6, 6.07) is 8.83. The van der Waals surface area contributed by atoms with Crippen molar-refractivity contribution in [3.63, 3.8) is 0 Å². The van der Waals surface area contributed by atoms with E-state index in [9.17, 15) is 0 Å². The van der Waals surface area contributed by atoms with Crippen LogP contribution in [0.4, 0.5) is 0 Å². The highest BCUT2D eigenvalue weighted by Crippen LogP contribution is 2.25. The molecule has 1 unspecified atom stereocenters. The molecular formula is C23H39IN4O2. The third-order valence-corrected chi connectivity index (χ3v) is 6.25. The van der Waals surface area contributed by atoms with Crippen LogP contribution in [-0.4, -0.2) is 81.5 Å². The molecule has 1 aromatic rings. The quantitative estimate of drug-likeness (QED) is 0.243. The van der Waals surface area contributed by atoms with Gasteiger partial charge in [0.05, 0.1) is 19.8 Å². The molecule has 30 heavy (non-hydrogen) atoms. The molecule has 1 N–H and O–H groups in total. The van der Waals surface area contributed by atoms with Crippen molar-refractivity contribution in [1.29, 1.82) is 0 Å². The van der Waals surface area contributed by atoms with E-state index >= 15 is 0 Å². The maximum absolute atomic E-state index is 5.72. The number of aliphatic imine (C=N–C) groups is 1. The second-order valence-electron chi connectivity index (χ2n) is 8.82. The van der Waals surface area contributed by atoms with Gasteiger partial charge in [0, 0.05) is 58.3 Å². The second-order valence-corrected chi connectivity index (χ2v) is 8.82. The highest BCUT2D eigenvalue weighted by atomic mass is 127. The number of nitrogens with zero attached hydrogens (tertiary/aromatic N) is 3. The van der Waals surface area contributed by atoms with E-state index in [0.717, 1.165) is 58.1 Å². The van der Waals surface area contributed by atoms with E-state index in [1.54, 1.807) is 7.11 Å². The predicted octanol–water partition coefficient (Wildman–Crippen LogP) is 3.00. The van der Waals surface area contributed by atoms with Crippen LogP contribution in [-0.2, 0) is 22.4 Å². The molecule has 1 atom stereocenters. The molecule has 0 bridgehead atoms. The van der Waals surface area contributed by atoms with Crippen molar-refractivity contribution >= 4 is 29.9 Å². The summed E-state index contributed by atoms with van der Waals surface area (Å²) in [6.07, 6.45) is 2.28. The zero-order chi connectivity index (χ0) is 20.7. The molecule has 0 amide bonds. The van der Waals surface area contributed by atoms with Crippen molar-refractivity contribution in [3.8, 4) is 0 Å². The first kappa shape index (κ1) is 25.4. The molecule has 1 fully saturated rings. The van der Waals surface area contributed by atoms with Crippen LogP contribution >= 0.6 is 24.0 Å². The minimum absolute atomic E-state index is 0. The van der Waals surface area contributed by atoms with Crippen molar-refractivity contribution in [3.05, 3.63) is 35.4 Å². The molecular weight excluding hydrogens is 491 g/mol. The number of benzene rings is 1. The van der Waals surface area contributed by atoms with Gasteiger partial charge in [0.25, 0.3) is 0 Å². The molecule has 0 radical (unpaired) electrons. The topological polar surface area (TPSA) is 49.3 Å². The van der Waals surface area contributed by atoms with E-state index in [1.807, 2.05) is 7.05 Å². The number of nitrogens with one attached hydrogen (secondary N) is 1. The second kappa shape index (κ2) is 12.2. The van der Waals surface area contributed by atoms with Crippen LogP contribution < -0.4 is 5.32 Å². The van der Waals surface area contributed by atoms with Gasteiger partial charge in [-0.3, -0.25) is 9.89 Å². The van der Waals surface area contributed by atoms with Gasteiger partial charge in [-0.15, -0.1) is 24.0 Å². The summed E-state index contributed by atoms with van der Waals surface area (Å²) in [5, 5.41) is 3.64. The molecule has 170 valence electrons. The Bertz CT molecular complexity index is 683. The van der Waals surface area contributed by atoms with Gasteiger partial charge in [0.1, 0.15) is 0 Å². The van der Waals surface area contributed by atoms with Gasteiger partial charge < -0.3 is 19.7 Å². The number of rotatable bonds is 8. The first-order chi connectivity index (χ1) is 14.0. The summed E-state index contributed by atoms with van der Waals surface area (Å²) in [6.45, 7) is 11.9. The Kier molecular flexibility index (Phi) is 10.3. The van der Waals surface area contributed by atoms with Gasteiger partial charge in [-0.1, -0.05) is 24.3 Å². The number of halogens is 1. The van der Waals surface area contributed by atoms with Crippen LogP contribution in [0.15, 0.2) is 29.3 Å². The van der Waals surface area contributed by atoms with E-state index < -0.39 is 0 Å². The zero-order valence-corrected chi connectivity index (χ0v) is 21.4. The van der Waals surface area contributed by atoms with Gasteiger partial charge in [-0.25, -0.2) is 0 Å². The van der Waals surface area contributed by atoms with Gasteiger partial charge in [-0.05, 0) is 37.8 Å². The third-order valence-electron chi connectivity index (χ3n) is 6.25. The summed E-state index contributed by atoms with van der Waals surface area (Å²) in [4.78, 5) is 9.51. The Balaban J connectivity index is 0.00000320. The maximum Gasteiger partial charge on any atom is 0.193 e. The number of fused-ring (bicyclic) bond motifs is 1. The van der Waals surface area contributed by atoms with Gasteiger partial charge in [0.15, 0.2) is 5.96 Å². The largest absolute Gasteiger partial charge is 0.382 e. The van der Waals surface area contributed by atoms with Crippen LogP contribution in [0, 0.1) is 5.92 Å². The maximum atomic E-state index is 5.72.